The van der Waals surface area contributed by atoms with Gasteiger partial charge in [-0.05, 0) is 72.0 Å². The van der Waals surface area contributed by atoms with Crippen LogP contribution in [0.1, 0.15) is 12.8 Å². The topological polar surface area (TPSA) is 95.3 Å². The van der Waals surface area contributed by atoms with Crippen LogP contribution in [-0.2, 0) is 0 Å². The molecule has 196 valence electrons. The van der Waals surface area contributed by atoms with Gasteiger partial charge in [0.1, 0.15) is 0 Å². The first-order valence-electron chi connectivity index (χ1n) is 11.7. The van der Waals surface area contributed by atoms with E-state index in [-0.39, 0.29) is 11.9 Å². The van der Waals surface area contributed by atoms with E-state index in [2.05, 4.69) is 146 Å². The fraction of sp³-hybridized carbons (Fsp3) is 0.235. The standard InChI is InChI=1S/C34H25N7/c1-5-7-9-11-13-15-17-19-21-23-29-40(3)31-25-27-37-33(35)39-34(36)38-28-26-32-41(4)30-24-22-20-18-16-14-12-10-8-6-2/h1-2H,25-28,31-32H2,3-4H3,(H5,35,36,37,38,39). The highest BCUT2D eigenvalue weighted by Crippen LogP contribution is 1.88. The second-order valence-corrected chi connectivity index (χ2v) is 6.97. The predicted molar refractivity (Wildman–Crippen MR) is 166 cm³/mol. The summed E-state index contributed by atoms with van der Waals surface area (Å²) in [6, 6.07) is 5.75. The number of rotatable bonds is 8. The zero-order chi connectivity index (χ0) is 30.2. The summed E-state index contributed by atoms with van der Waals surface area (Å²) in [7, 11) is 3.69. The van der Waals surface area contributed by atoms with E-state index in [9.17, 15) is 0 Å². The van der Waals surface area contributed by atoms with Crippen molar-refractivity contribution in [3.8, 4) is 143 Å². The van der Waals surface area contributed by atoms with Crippen molar-refractivity contribution in [2.24, 2.45) is 21.5 Å². The van der Waals surface area contributed by atoms with Crippen molar-refractivity contribution in [1.82, 2.24) is 15.1 Å². The van der Waals surface area contributed by atoms with Gasteiger partial charge in [0.2, 0.25) is 0 Å². The van der Waals surface area contributed by atoms with Gasteiger partial charge in [-0.3, -0.25) is 15.3 Å². The van der Waals surface area contributed by atoms with Crippen molar-refractivity contribution in [2.75, 3.05) is 40.3 Å². The number of hydrogen-bond donors (Lipinski definition) is 3. The van der Waals surface area contributed by atoms with E-state index in [1.807, 2.05) is 14.1 Å². The first kappa shape index (κ1) is 34.1. The van der Waals surface area contributed by atoms with Gasteiger partial charge in [-0.25, -0.2) is 0 Å². The molecule has 0 saturated carbocycles. The van der Waals surface area contributed by atoms with Gasteiger partial charge < -0.3 is 21.3 Å². The monoisotopic (exact) mass is 531 g/mol. The summed E-state index contributed by atoms with van der Waals surface area (Å²) in [5, 5.41) is 2.76. The molecule has 0 aromatic heterocycles. The molecule has 0 unspecified atom stereocenters. The Bertz CT molecular complexity index is 1570. The summed E-state index contributed by atoms with van der Waals surface area (Å²) in [6.07, 6.45) is 11.4. The largest absolute Gasteiger partial charge is 0.370 e. The molecule has 0 saturated heterocycles. The van der Waals surface area contributed by atoms with Gasteiger partial charge in [0.15, 0.2) is 11.9 Å². The number of terminal acetylenes is 2. The number of nitrogens with one attached hydrogen (secondary N) is 1. The average Bonchev–Trinajstić information content (AvgIpc) is 2.95. The molecule has 0 aliphatic heterocycles. The molecule has 41 heavy (non-hydrogen) atoms. The summed E-state index contributed by atoms with van der Waals surface area (Å²) in [5.41, 5.74) is 11.7. The van der Waals surface area contributed by atoms with Crippen LogP contribution in [0.15, 0.2) is 9.98 Å². The van der Waals surface area contributed by atoms with E-state index in [4.69, 9.17) is 24.3 Å². The number of nitrogens with two attached hydrogens (primary N) is 2. The third-order valence-corrected chi connectivity index (χ3v) is 3.76. The van der Waals surface area contributed by atoms with E-state index in [0.29, 0.717) is 26.2 Å². The second-order valence-electron chi connectivity index (χ2n) is 6.97. The fourth-order valence-corrected chi connectivity index (χ4v) is 2.09. The van der Waals surface area contributed by atoms with Crippen molar-refractivity contribution in [3.63, 3.8) is 0 Å². The molecule has 0 bridgehead atoms. The summed E-state index contributed by atoms with van der Waals surface area (Å²) < 4.78 is 0. The maximum absolute atomic E-state index is 5.85. The van der Waals surface area contributed by atoms with Crippen LogP contribution in [0.25, 0.3) is 0 Å². The van der Waals surface area contributed by atoms with Crippen molar-refractivity contribution in [1.29, 1.82) is 0 Å². The summed E-state index contributed by atoms with van der Waals surface area (Å²) >= 11 is 0. The quantitative estimate of drug-likeness (QED) is 0.124. The summed E-state index contributed by atoms with van der Waals surface area (Å²) in [4.78, 5) is 12.0. The number of aliphatic imine (C=N–C) groups is 2. The van der Waals surface area contributed by atoms with Crippen LogP contribution in [0.5, 0.6) is 0 Å². The summed E-state index contributed by atoms with van der Waals surface area (Å²) in [6.45, 7) is 2.33. The lowest BCUT2D eigenvalue weighted by atomic mass is 10.4. The van der Waals surface area contributed by atoms with Crippen molar-refractivity contribution in [2.45, 2.75) is 12.8 Å². The van der Waals surface area contributed by atoms with Crippen LogP contribution < -0.4 is 16.8 Å². The van der Waals surface area contributed by atoms with Crippen molar-refractivity contribution in [3.05, 3.63) is 0 Å². The molecule has 0 fully saturated rings. The number of guanidine groups is 2. The van der Waals surface area contributed by atoms with E-state index < -0.39 is 0 Å². The third kappa shape index (κ3) is 25.9. The molecule has 0 aliphatic rings. The number of nitrogens with zero attached hydrogens (tertiary/aromatic N) is 4. The molecule has 0 spiro atoms. The molecule has 0 atom stereocenters. The first-order valence-corrected chi connectivity index (χ1v) is 11.7. The fourth-order valence-electron chi connectivity index (χ4n) is 2.09. The molecule has 0 heterocycles. The highest BCUT2D eigenvalue weighted by molar-refractivity contribution is 5.97. The Hall–Kier alpha value is -6.94. The van der Waals surface area contributed by atoms with Crippen LogP contribution in [-0.4, -0.2) is 62.0 Å². The second kappa shape index (κ2) is 26.1. The molecular weight excluding hydrogens is 506 g/mol. The lowest BCUT2D eigenvalue weighted by Crippen LogP contribution is -2.41. The minimum Gasteiger partial charge on any atom is -0.370 e. The van der Waals surface area contributed by atoms with Gasteiger partial charge in [-0.1, -0.05) is 0 Å². The van der Waals surface area contributed by atoms with Gasteiger partial charge in [0.25, 0.3) is 0 Å². The molecule has 0 amide bonds. The van der Waals surface area contributed by atoms with Gasteiger partial charge >= 0.3 is 0 Å². The van der Waals surface area contributed by atoms with Gasteiger partial charge in [-0.15, -0.1) is 12.8 Å². The first-order chi connectivity index (χ1) is 20.0. The molecular formula is C34H25N7. The zero-order valence-corrected chi connectivity index (χ0v) is 22.8. The van der Waals surface area contributed by atoms with E-state index in [1.165, 1.54) is 0 Å². The lowest BCUT2D eigenvalue weighted by Gasteiger charge is -2.10. The highest BCUT2D eigenvalue weighted by Gasteiger charge is 1.97. The van der Waals surface area contributed by atoms with E-state index >= 15 is 0 Å². The maximum Gasteiger partial charge on any atom is 0.195 e. The van der Waals surface area contributed by atoms with Crippen LogP contribution in [0.2, 0.25) is 0 Å². The van der Waals surface area contributed by atoms with Crippen molar-refractivity contribution >= 4 is 11.9 Å². The Kier molecular flexibility index (Phi) is 21.7. The lowest BCUT2D eigenvalue weighted by molar-refractivity contribution is 0.472. The van der Waals surface area contributed by atoms with Crippen LogP contribution in [0.3, 0.4) is 0 Å². The molecule has 7 nitrogen and oxygen atoms in total. The average molecular weight is 532 g/mol. The predicted octanol–water partition coefficient (Wildman–Crippen LogP) is -0.935. The Morgan fingerprint density at radius 3 is 1.15 bits per heavy atom. The van der Waals surface area contributed by atoms with Gasteiger partial charge in [0.05, 0.1) is 0 Å². The SMILES string of the molecule is C#CC#CC#CC#CC#CC#CN(C)CCCN=C(N)NC(N)=NCCCN(C)C#CC#CC#CC#CC#CC#C. The molecule has 0 aliphatic carbocycles. The Balaban J connectivity index is 4.29. The van der Waals surface area contributed by atoms with Crippen LogP contribution in [0, 0.1) is 143 Å². The molecule has 0 aromatic carbocycles. The molecule has 0 radical (unpaired) electrons. The summed E-state index contributed by atoms with van der Waals surface area (Å²) in [5.74, 6) is 50.2. The maximum atomic E-state index is 5.85. The number of hydrogen-bond acceptors (Lipinski definition) is 4. The third-order valence-electron chi connectivity index (χ3n) is 3.76. The molecule has 7 heteroatoms. The molecule has 0 rings (SSSR count). The van der Waals surface area contributed by atoms with Gasteiger partial charge in [-0.2, -0.15) is 0 Å². The Labute approximate surface area is 244 Å². The Morgan fingerprint density at radius 1 is 0.537 bits per heavy atom. The van der Waals surface area contributed by atoms with Crippen LogP contribution in [0.4, 0.5) is 0 Å². The molecule has 0 aromatic rings. The molecule has 5 N–H and O–H groups in total. The normalized spacial score (nSPS) is 7.80. The van der Waals surface area contributed by atoms with Crippen molar-refractivity contribution < 1.29 is 0 Å². The van der Waals surface area contributed by atoms with E-state index in [1.54, 1.807) is 9.80 Å². The van der Waals surface area contributed by atoms with E-state index in [0.717, 1.165) is 12.8 Å². The zero-order valence-electron chi connectivity index (χ0n) is 22.8. The smallest absolute Gasteiger partial charge is 0.195 e. The highest BCUT2D eigenvalue weighted by atomic mass is 15.2. The van der Waals surface area contributed by atoms with Crippen LogP contribution >= 0.6 is 0 Å². The minimum atomic E-state index is 0.189. The minimum absolute atomic E-state index is 0.189. The Morgan fingerprint density at radius 2 is 0.829 bits per heavy atom. The van der Waals surface area contributed by atoms with Gasteiger partial charge in [0, 0.05) is 112 Å².